The molecule has 0 aromatic heterocycles. The third-order valence-corrected chi connectivity index (χ3v) is 3.27. The molecule has 2 rings (SSSR count). The number of amides is 2. The van der Waals surface area contributed by atoms with E-state index in [1.807, 2.05) is 6.92 Å². The van der Waals surface area contributed by atoms with E-state index in [4.69, 9.17) is 0 Å². The van der Waals surface area contributed by atoms with Gasteiger partial charge < -0.3 is 0 Å². The van der Waals surface area contributed by atoms with Gasteiger partial charge in [-0.1, -0.05) is 19.8 Å². The van der Waals surface area contributed by atoms with Crippen molar-refractivity contribution in [1.82, 2.24) is 4.90 Å². The summed E-state index contributed by atoms with van der Waals surface area (Å²) < 4.78 is 0. The van der Waals surface area contributed by atoms with Crippen LogP contribution in [0.25, 0.3) is 0 Å². The summed E-state index contributed by atoms with van der Waals surface area (Å²) in [5, 5.41) is 0. The summed E-state index contributed by atoms with van der Waals surface area (Å²) in [6.45, 7) is 3.76. The summed E-state index contributed by atoms with van der Waals surface area (Å²) in [5.41, 5.74) is 0.578. The van der Waals surface area contributed by atoms with Crippen LogP contribution in [0.4, 0.5) is 0 Å². The van der Waals surface area contributed by atoms with Crippen LogP contribution >= 0.6 is 0 Å². The summed E-state index contributed by atoms with van der Waals surface area (Å²) in [4.78, 5) is 24.8. The maximum absolute atomic E-state index is 11.8. The van der Waals surface area contributed by atoms with E-state index in [9.17, 15) is 9.59 Å². The monoisotopic (exact) mass is 207 g/mol. The van der Waals surface area contributed by atoms with Crippen molar-refractivity contribution in [2.45, 2.75) is 45.6 Å². The lowest BCUT2D eigenvalue weighted by atomic mass is 10.1. The van der Waals surface area contributed by atoms with Gasteiger partial charge in [0.15, 0.2) is 0 Å². The van der Waals surface area contributed by atoms with Crippen molar-refractivity contribution in [2.75, 3.05) is 0 Å². The van der Waals surface area contributed by atoms with Gasteiger partial charge in [-0.2, -0.15) is 0 Å². The molecule has 1 fully saturated rings. The first-order valence-corrected chi connectivity index (χ1v) is 5.69. The summed E-state index contributed by atoms with van der Waals surface area (Å²) in [5.74, 6) is 0.536. The minimum Gasteiger partial charge on any atom is -0.272 e. The molecule has 0 spiro atoms. The second-order valence-corrected chi connectivity index (χ2v) is 4.58. The molecule has 0 aromatic carbocycles. The van der Waals surface area contributed by atoms with Crippen molar-refractivity contribution < 1.29 is 9.59 Å². The second kappa shape index (κ2) is 3.80. The molecule has 1 aliphatic carbocycles. The van der Waals surface area contributed by atoms with E-state index < -0.39 is 0 Å². The first kappa shape index (κ1) is 10.4. The minimum atomic E-state index is -0.120. The third kappa shape index (κ3) is 1.96. The molecule has 2 amide bonds. The van der Waals surface area contributed by atoms with Gasteiger partial charge in [0.25, 0.3) is 11.8 Å². The van der Waals surface area contributed by atoms with Crippen LogP contribution in [0.5, 0.6) is 0 Å². The van der Waals surface area contributed by atoms with Crippen molar-refractivity contribution in [3.8, 4) is 0 Å². The van der Waals surface area contributed by atoms with Gasteiger partial charge in [-0.15, -0.1) is 0 Å². The van der Waals surface area contributed by atoms with Crippen LogP contribution in [0, 0.1) is 5.92 Å². The fourth-order valence-electron chi connectivity index (χ4n) is 2.15. The van der Waals surface area contributed by atoms with Crippen LogP contribution in [-0.4, -0.2) is 22.8 Å². The zero-order valence-corrected chi connectivity index (χ0v) is 9.32. The Kier molecular flexibility index (Phi) is 2.63. The molecule has 3 heteroatoms. The number of nitrogens with zero attached hydrogens (tertiary/aromatic N) is 1. The second-order valence-electron chi connectivity index (χ2n) is 4.58. The number of carbonyl (C=O) groups is 2. The predicted molar refractivity (Wildman–Crippen MR) is 57.0 cm³/mol. The predicted octanol–water partition coefficient (Wildman–Crippen LogP) is 1.88. The van der Waals surface area contributed by atoms with Gasteiger partial charge in [-0.3, -0.25) is 14.5 Å². The molecule has 1 atom stereocenters. The van der Waals surface area contributed by atoms with E-state index in [1.165, 1.54) is 23.8 Å². The number of imide groups is 1. The molecule has 0 saturated heterocycles. The molecule has 0 radical (unpaired) electrons. The van der Waals surface area contributed by atoms with Crippen LogP contribution in [0.3, 0.4) is 0 Å². The zero-order valence-electron chi connectivity index (χ0n) is 9.32. The number of rotatable bonds is 4. The van der Waals surface area contributed by atoms with Crippen molar-refractivity contribution >= 4 is 11.8 Å². The highest BCUT2D eigenvalue weighted by atomic mass is 16.2. The summed E-state index contributed by atoms with van der Waals surface area (Å²) in [7, 11) is 0. The molecular formula is C12H17NO2. The topological polar surface area (TPSA) is 37.4 Å². The Labute approximate surface area is 90.1 Å². The molecule has 15 heavy (non-hydrogen) atoms. The van der Waals surface area contributed by atoms with E-state index in [1.54, 1.807) is 6.92 Å². The van der Waals surface area contributed by atoms with Crippen LogP contribution in [0.15, 0.2) is 11.6 Å². The molecule has 0 N–H and O–H groups in total. The zero-order chi connectivity index (χ0) is 11.0. The fourth-order valence-corrected chi connectivity index (χ4v) is 2.15. The number of hydrogen-bond donors (Lipinski definition) is 0. The number of hydrogen-bond acceptors (Lipinski definition) is 2. The first-order chi connectivity index (χ1) is 7.13. The molecule has 1 aliphatic heterocycles. The van der Waals surface area contributed by atoms with Gasteiger partial charge >= 0.3 is 0 Å². The third-order valence-electron chi connectivity index (χ3n) is 3.27. The van der Waals surface area contributed by atoms with Gasteiger partial charge in [0.05, 0.1) is 0 Å². The molecular weight excluding hydrogens is 190 g/mol. The Morgan fingerprint density at radius 1 is 1.47 bits per heavy atom. The maximum Gasteiger partial charge on any atom is 0.256 e. The Morgan fingerprint density at radius 2 is 2.13 bits per heavy atom. The van der Waals surface area contributed by atoms with Gasteiger partial charge in [0.1, 0.15) is 0 Å². The first-order valence-electron chi connectivity index (χ1n) is 5.69. The van der Waals surface area contributed by atoms with Crippen LogP contribution in [-0.2, 0) is 9.59 Å². The van der Waals surface area contributed by atoms with Gasteiger partial charge in [0.2, 0.25) is 0 Å². The van der Waals surface area contributed by atoms with E-state index in [0.717, 1.165) is 18.8 Å². The van der Waals surface area contributed by atoms with Crippen molar-refractivity contribution in [2.24, 2.45) is 5.92 Å². The van der Waals surface area contributed by atoms with Crippen molar-refractivity contribution in [3.05, 3.63) is 11.6 Å². The Hall–Kier alpha value is -1.12. The highest BCUT2D eigenvalue weighted by molar-refractivity contribution is 6.16. The molecule has 82 valence electrons. The molecule has 1 saturated carbocycles. The molecule has 1 unspecified atom stereocenters. The average Bonchev–Trinajstić information content (AvgIpc) is 2.96. The minimum absolute atomic E-state index is 0.0903. The Morgan fingerprint density at radius 3 is 2.53 bits per heavy atom. The summed E-state index contributed by atoms with van der Waals surface area (Å²) >= 11 is 0. The summed E-state index contributed by atoms with van der Waals surface area (Å²) in [6.07, 6.45) is 5.85. The van der Waals surface area contributed by atoms with Crippen LogP contribution in [0.2, 0.25) is 0 Å². The molecule has 0 aromatic rings. The lowest BCUT2D eigenvalue weighted by Crippen LogP contribution is -2.40. The van der Waals surface area contributed by atoms with E-state index >= 15 is 0 Å². The van der Waals surface area contributed by atoms with Gasteiger partial charge in [0, 0.05) is 17.7 Å². The normalized spacial score (nSPS) is 23.3. The van der Waals surface area contributed by atoms with Crippen molar-refractivity contribution in [1.29, 1.82) is 0 Å². The molecule has 3 nitrogen and oxygen atoms in total. The highest BCUT2D eigenvalue weighted by Crippen LogP contribution is 2.36. The highest BCUT2D eigenvalue weighted by Gasteiger charge is 2.36. The molecule has 1 heterocycles. The Bertz CT molecular complexity index is 329. The Balaban J connectivity index is 2.07. The lowest BCUT2D eigenvalue weighted by molar-refractivity contribution is -0.140. The summed E-state index contributed by atoms with van der Waals surface area (Å²) in [6, 6.07) is 0.117. The standard InChI is InChI=1S/C12H17NO2/c1-3-10(7-9-4-5-9)13-11(14)6-8(2)12(13)15/h6,9-10H,3-5,7H2,1-2H3. The largest absolute Gasteiger partial charge is 0.272 e. The SMILES string of the molecule is CCC(CC1CC1)N1C(=O)C=C(C)C1=O. The van der Waals surface area contributed by atoms with E-state index in [0.29, 0.717) is 5.57 Å². The maximum atomic E-state index is 11.8. The lowest BCUT2D eigenvalue weighted by Gasteiger charge is -2.25. The smallest absolute Gasteiger partial charge is 0.256 e. The molecule has 0 bridgehead atoms. The fraction of sp³-hybridized carbons (Fsp3) is 0.667. The van der Waals surface area contributed by atoms with Crippen molar-refractivity contribution in [3.63, 3.8) is 0 Å². The van der Waals surface area contributed by atoms with Gasteiger partial charge in [-0.05, 0) is 25.7 Å². The quantitative estimate of drug-likeness (QED) is 0.660. The molecule has 2 aliphatic rings. The van der Waals surface area contributed by atoms with Crippen LogP contribution in [0.1, 0.15) is 39.5 Å². The average molecular weight is 207 g/mol. The van der Waals surface area contributed by atoms with Crippen LogP contribution < -0.4 is 0 Å². The van der Waals surface area contributed by atoms with Gasteiger partial charge in [-0.25, -0.2) is 0 Å². The number of carbonyl (C=O) groups excluding carboxylic acids is 2. The van der Waals surface area contributed by atoms with E-state index in [-0.39, 0.29) is 17.9 Å². The van der Waals surface area contributed by atoms with E-state index in [2.05, 4.69) is 0 Å².